The molecule has 0 heterocycles. The van der Waals surface area contributed by atoms with Crippen LogP contribution >= 0.6 is 0 Å². The molecule has 0 bridgehead atoms. The molecular formula is C16H25NO2. The minimum absolute atomic E-state index is 0.111. The summed E-state index contributed by atoms with van der Waals surface area (Å²) in [4.78, 5) is 0. The molecule has 0 fully saturated rings. The van der Waals surface area contributed by atoms with Gasteiger partial charge in [-0.1, -0.05) is 32.9 Å². The Kier molecular flexibility index (Phi) is 5.90. The van der Waals surface area contributed by atoms with E-state index in [0.717, 1.165) is 17.9 Å². The number of benzene rings is 1. The summed E-state index contributed by atoms with van der Waals surface area (Å²) in [5, 5.41) is 0. The maximum atomic E-state index is 5.89. The fourth-order valence-corrected chi connectivity index (χ4v) is 1.54. The first-order valence-electron chi connectivity index (χ1n) is 6.66. The lowest BCUT2D eigenvalue weighted by Crippen LogP contribution is -2.18. The Balaban J connectivity index is 2.86. The molecule has 106 valence electrons. The van der Waals surface area contributed by atoms with Gasteiger partial charge in [-0.15, -0.1) is 6.58 Å². The molecule has 0 spiro atoms. The summed E-state index contributed by atoms with van der Waals surface area (Å²) in [5.74, 6) is 1.53. The largest absolute Gasteiger partial charge is 0.489 e. The average molecular weight is 263 g/mol. The Morgan fingerprint density at radius 2 is 1.95 bits per heavy atom. The molecule has 19 heavy (non-hydrogen) atoms. The van der Waals surface area contributed by atoms with Gasteiger partial charge in [-0.25, -0.2) is 0 Å². The van der Waals surface area contributed by atoms with Crippen LogP contribution in [0.1, 0.15) is 26.3 Å². The summed E-state index contributed by atoms with van der Waals surface area (Å²) >= 11 is 0. The molecule has 1 aromatic carbocycles. The van der Waals surface area contributed by atoms with Crippen molar-refractivity contribution in [2.75, 3.05) is 19.8 Å². The summed E-state index contributed by atoms with van der Waals surface area (Å²) in [6.45, 7) is 11.8. The minimum atomic E-state index is 0.111. The monoisotopic (exact) mass is 263 g/mol. The summed E-state index contributed by atoms with van der Waals surface area (Å²) in [6, 6.07) is 5.98. The van der Waals surface area contributed by atoms with E-state index >= 15 is 0 Å². The number of allylic oxidation sites excluding steroid dienone is 1. The van der Waals surface area contributed by atoms with Crippen LogP contribution in [-0.2, 0) is 6.42 Å². The van der Waals surface area contributed by atoms with Gasteiger partial charge in [-0.05, 0) is 29.5 Å². The van der Waals surface area contributed by atoms with Gasteiger partial charge in [0.05, 0.1) is 6.61 Å². The van der Waals surface area contributed by atoms with E-state index in [1.54, 1.807) is 0 Å². The van der Waals surface area contributed by atoms with E-state index in [1.165, 1.54) is 5.56 Å². The zero-order valence-electron chi connectivity index (χ0n) is 12.2. The second-order valence-electron chi connectivity index (χ2n) is 5.76. The van der Waals surface area contributed by atoms with Crippen LogP contribution in [0.4, 0.5) is 0 Å². The molecule has 0 aliphatic heterocycles. The third-order valence-electron chi connectivity index (χ3n) is 2.42. The quantitative estimate of drug-likeness (QED) is 0.768. The van der Waals surface area contributed by atoms with Gasteiger partial charge in [-0.3, -0.25) is 0 Å². The van der Waals surface area contributed by atoms with Crippen LogP contribution in [0.15, 0.2) is 30.9 Å². The zero-order valence-corrected chi connectivity index (χ0v) is 12.2. The van der Waals surface area contributed by atoms with Crippen molar-refractivity contribution in [1.29, 1.82) is 0 Å². The van der Waals surface area contributed by atoms with Crippen molar-refractivity contribution >= 4 is 0 Å². The van der Waals surface area contributed by atoms with Crippen LogP contribution in [0.3, 0.4) is 0 Å². The molecule has 0 unspecified atom stereocenters. The van der Waals surface area contributed by atoms with Gasteiger partial charge in [0, 0.05) is 6.54 Å². The molecule has 0 amide bonds. The minimum Gasteiger partial charge on any atom is -0.489 e. The predicted molar refractivity (Wildman–Crippen MR) is 79.8 cm³/mol. The average Bonchev–Trinajstić information content (AvgIpc) is 2.34. The molecule has 0 aliphatic rings. The molecule has 1 aromatic rings. The summed E-state index contributed by atoms with van der Waals surface area (Å²) < 4.78 is 11.5. The van der Waals surface area contributed by atoms with Gasteiger partial charge in [0.1, 0.15) is 6.61 Å². The normalized spacial score (nSPS) is 11.2. The second-order valence-corrected chi connectivity index (χ2v) is 5.76. The van der Waals surface area contributed by atoms with Crippen molar-refractivity contribution in [3.05, 3.63) is 36.4 Å². The second kappa shape index (κ2) is 7.19. The van der Waals surface area contributed by atoms with E-state index in [4.69, 9.17) is 15.2 Å². The van der Waals surface area contributed by atoms with E-state index in [2.05, 4.69) is 27.4 Å². The first-order valence-corrected chi connectivity index (χ1v) is 6.66. The highest BCUT2D eigenvalue weighted by molar-refractivity contribution is 5.43. The van der Waals surface area contributed by atoms with Crippen molar-refractivity contribution in [1.82, 2.24) is 0 Å². The summed E-state index contributed by atoms with van der Waals surface area (Å²) in [6.07, 6.45) is 2.70. The zero-order chi connectivity index (χ0) is 14.3. The van der Waals surface area contributed by atoms with Crippen LogP contribution in [0, 0.1) is 5.41 Å². The standard InChI is InChI=1S/C16H25NO2/c1-5-6-13-7-8-14(18-10-9-17)15(11-13)19-12-16(2,3)4/h5,7-8,11H,1,6,9-10,12,17H2,2-4H3. The smallest absolute Gasteiger partial charge is 0.161 e. The Morgan fingerprint density at radius 3 is 2.53 bits per heavy atom. The van der Waals surface area contributed by atoms with Crippen LogP contribution in [0.25, 0.3) is 0 Å². The number of nitrogens with two attached hydrogens (primary N) is 1. The van der Waals surface area contributed by atoms with Crippen LogP contribution < -0.4 is 15.2 Å². The Bertz CT molecular complexity index is 408. The van der Waals surface area contributed by atoms with Crippen molar-refractivity contribution < 1.29 is 9.47 Å². The van der Waals surface area contributed by atoms with E-state index in [1.807, 2.05) is 24.3 Å². The van der Waals surface area contributed by atoms with Gasteiger partial charge >= 0.3 is 0 Å². The summed E-state index contributed by atoms with van der Waals surface area (Å²) in [5.41, 5.74) is 6.74. The fraction of sp³-hybridized carbons (Fsp3) is 0.500. The highest BCUT2D eigenvalue weighted by Crippen LogP contribution is 2.30. The Morgan fingerprint density at radius 1 is 1.21 bits per heavy atom. The van der Waals surface area contributed by atoms with Gasteiger partial charge in [-0.2, -0.15) is 0 Å². The van der Waals surface area contributed by atoms with E-state index < -0.39 is 0 Å². The predicted octanol–water partition coefficient (Wildman–Crippen LogP) is 3.18. The molecule has 1 rings (SSSR count). The first-order chi connectivity index (χ1) is 8.96. The number of rotatable bonds is 7. The molecule has 0 atom stereocenters. The van der Waals surface area contributed by atoms with Crippen LogP contribution in [0.5, 0.6) is 11.5 Å². The van der Waals surface area contributed by atoms with Crippen LogP contribution in [0.2, 0.25) is 0 Å². The molecule has 0 saturated heterocycles. The number of ether oxygens (including phenoxy) is 2. The van der Waals surface area contributed by atoms with Gasteiger partial charge in [0.2, 0.25) is 0 Å². The SMILES string of the molecule is C=CCc1ccc(OCCN)c(OCC(C)(C)C)c1. The third kappa shape index (κ3) is 5.79. The van der Waals surface area contributed by atoms with Gasteiger partial charge in [0.15, 0.2) is 11.5 Å². The highest BCUT2D eigenvalue weighted by Gasteiger charge is 2.13. The molecule has 2 N–H and O–H groups in total. The number of hydrogen-bond donors (Lipinski definition) is 1. The lowest BCUT2D eigenvalue weighted by atomic mass is 9.99. The molecular weight excluding hydrogens is 238 g/mol. The lowest BCUT2D eigenvalue weighted by molar-refractivity contribution is 0.188. The molecule has 3 nitrogen and oxygen atoms in total. The Labute approximate surface area is 116 Å². The highest BCUT2D eigenvalue weighted by atomic mass is 16.5. The maximum Gasteiger partial charge on any atom is 0.161 e. The first kappa shape index (κ1) is 15.6. The van der Waals surface area contributed by atoms with Gasteiger partial charge < -0.3 is 15.2 Å². The fourth-order valence-electron chi connectivity index (χ4n) is 1.54. The van der Waals surface area contributed by atoms with Crippen LogP contribution in [-0.4, -0.2) is 19.8 Å². The molecule has 0 radical (unpaired) electrons. The molecule has 0 aliphatic carbocycles. The summed E-state index contributed by atoms with van der Waals surface area (Å²) in [7, 11) is 0. The van der Waals surface area contributed by atoms with Gasteiger partial charge in [0.25, 0.3) is 0 Å². The van der Waals surface area contributed by atoms with Crippen molar-refractivity contribution in [2.45, 2.75) is 27.2 Å². The van der Waals surface area contributed by atoms with Crippen molar-refractivity contribution in [3.63, 3.8) is 0 Å². The van der Waals surface area contributed by atoms with E-state index in [-0.39, 0.29) is 5.41 Å². The molecule has 0 saturated carbocycles. The van der Waals surface area contributed by atoms with E-state index in [0.29, 0.717) is 19.8 Å². The topological polar surface area (TPSA) is 44.5 Å². The third-order valence-corrected chi connectivity index (χ3v) is 2.42. The van der Waals surface area contributed by atoms with Crippen molar-refractivity contribution in [2.24, 2.45) is 11.1 Å². The molecule has 0 aromatic heterocycles. The van der Waals surface area contributed by atoms with E-state index in [9.17, 15) is 0 Å². The maximum absolute atomic E-state index is 5.89. The lowest BCUT2D eigenvalue weighted by Gasteiger charge is -2.20. The Hall–Kier alpha value is -1.48. The van der Waals surface area contributed by atoms with Crippen molar-refractivity contribution in [3.8, 4) is 11.5 Å². The number of hydrogen-bond acceptors (Lipinski definition) is 3. The molecule has 3 heteroatoms.